The molecule has 4 heteroatoms. The summed E-state index contributed by atoms with van der Waals surface area (Å²) in [6.45, 7) is 2.13. The van der Waals surface area contributed by atoms with Gasteiger partial charge in [0.2, 0.25) is 5.91 Å². The number of β-amino-alcohol motifs (C(OH)–C–C–N with tert-alkyl or cyclic N) is 1. The van der Waals surface area contributed by atoms with E-state index in [1.54, 1.807) is 4.90 Å². The van der Waals surface area contributed by atoms with Gasteiger partial charge in [0, 0.05) is 19.5 Å². The minimum atomic E-state index is -0.298. The van der Waals surface area contributed by atoms with Crippen LogP contribution in [0.5, 0.6) is 0 Å². The smallest absolute Gasteiger partial charge is 0.222 e. The van der Waals surface area contributed by atoms with E-state index in [-0.39, 0.29) is 12.0 Å². The lowest BCUT2D eigenvalue weighted by atomic mass is 10.3. The molecule has 13 heavy (non-hydrogen) atoms. The number of amides is 1. The van der Waals surface area contributed by atoms with E-state index in [1.165, 1.54) is 0 Å². The van der Waals surface area contributed by atoms with Gasteiger partial charge in [0.25, 0.3) is 0 Å². The van der Waals surface area contributed by atoms with E-state index in [1.807, 2.05) is 7.05 Å². The summed E-state index contributed by atoms with van der Waals surface area (Å²) in [7, 11) is 1.88. The highest BCUT2D eigenvalue weighted by atomic mass is 16.3. The van der Waals surface area contributed by atoms with Gasteiger partial charge in [0.05, 0.1) is 6.10 Å². The Morgan fingerprint density at radius 3 is 3.00 bits per heavy atom. The molecule has 0 aromatic heterocycles. The molecule has 0 aromatic rings. The van der Waals surface area contributed by atoms with Gasteiger partial charge in [-0.1, -0.05) is 0 Å². The van der Waals surface area contributed by atoms with Crippen molar-refractivity contribution in [2.45, 2.75) is 25.4 Å². The van der Waals surface area contributed by atoms with E-state index in [4.69, 9.17) is 0 Å². The molecule has 1 fully saturated rings. The Bertz CT molecular complexity index is 173. The van der Waals surface area contributed by atoms with Gasteiger partial charge in [-0.2, -0.15) is 0 Å². The predicted octanol–water partition coefficient (Wildman–Crippen LogP) is -0.421. The Morgan fingerprint density at radius 1 is 1.69 bits per heavy atom. The lowest BCUT2D eigenvalue weighted by Crippen LogP contribution is -2.29. The van der Waals surface area contributed by atoms with Gasteiger partial charge in [-0.15, -0.1) is 0 Å². The third-order valence-corrected chi connectivity index (χ3v) is 2.33. The molecule has 76 valence electrons. The Morgan fingerprint density at radius 2 is 2.46 bits per heavy atom. The number of nitrogens with one attached hydrogen (secondary N) is 1. The molecule has 0 aromatic carbocycles. The van der Waals surface area contributed by atoms with Gasteiger partial charge in [0.1, 0.15) is 0 Å². The second kappa shape index (κ2) is 5.19. The van der Waals surface area contributed by atoms with Crippen LogP contribution in [-0.4, -0.2) is 48.7 Å². The van der Waals surface area contributed by atoms with Gasteiger partial charge in [0.15, 0.2) is 0 Å². The fourth-order valence-electron chi connectivity index (χ4n) is 1.54. The summed E-state index contributed by atoms with van der Waals surface area (Å²) < 4.78 is 0. The monoisotopic (exact) mass is 186 g/mol. The number of aliphatic hydroxyl groups excluding tert-OH is 1. The van der Waals surface area contributed by atoms with Crippen LogP contribution in [0.3, 0.4) is 0 Å². The van der Waals surface area contributed by atoms with E-state index in [9.17, 15) is 9.90 Å². The number of carbonyl (C=O) groups excluding carboxylic acids is 1. The van der Waals surface area contributed by atoms with Crippen molar-refractivity contribution in [2.75, 3.05) is 26.7 Å². The topological polar surface area (TPSA) is 52.6 Å². The maximum Gasteiger partial charge on any atom is 0.222 e. The number of carbonyl (C=O) groups is 1. The maximum atomic E-state index is 11.5. The number of nitrogens with zero attached hydrogens (tertiary/aromatic N) is 1. The van der Waals surface area contributed by atoms with Crippen molar-refractivity contribution >= 4 is 5.91 Å². The number of aliphatic hydroxyl groups is 1. The summed E-state index contributed by atoms with van der Waals surface area (Å²) in [6.07, 6.45) is 1.90. The lowest BCUT2D eigenvalue weighted by molar-refractivity contribution is -0.130. The van der Waals surface area contributed by atoms with Crippen molar-refractivity contribution in [1.82, 2.24) is 10.2 Å². The molecule has 1 atom stereocenters. The second-order valence-electron chi connectivity index (χ2n) is 3.49. The van der Waals surface area contributed by atoms with Crippen molar-refractivity contribution in [1.29, 1.82) is 0 Å². The van der Waals surface area contributed by atoms with Crippen LogP contribution >= 0.6 is 0 Å². The first kappa shape index (κ1) is 10.5. The summed E-state index contributed by atoms with van der Waals surface area (Å²) in [6, 6.07) is 0. The number of rotatable bonds is 4. The molecule has 1 saturated heterocycles. The minimum Gasteiger partial charge on any atom is -0.391 e. The Labute approximate surface area is 78.9 Å². The Hall–Kier alpha value is -0.610. The zero-order valence-electron chi connectivity index (χ0n) is 8.12. The van der Waals surface area contributed by atoms with Gasteiger partial charge < -0.3 is 15.3 Å². The predicted molar refractivity (Wildman–Crippen MR) is 50.4 cm³/mol. The average molecular weight is 186 g/mol. The molecule has 0 unspecified atom stereocenters. The summed E-state index contributed by atoms with van der Waals surface area (Å²) in [4.78, 5) is 13.2. The van der Waals surface area contributed by atoms with Crippen LogP contribution < -0.4 is 5.32 Å². The summed E-state index contributed by atoms with van der Waals surface area (Å²) in [5, 5.41) is 12.2. The van der Waals surface area contributed by atoms with E-state index in [0.29, 0.717) is 13.0 Å². The largest absolute Gasteiger partial charge is 0.391 e. The average Bonchev–Trinajstić information content (AvgIpc) is 2.52. The summed E-state index contributed by atoms with van der Waals surface area (Å²) in [5.74, 6) is 0.173. The van der Waals surface area contributed by atoms with Crippen molar-refractivity contribution < 1.29 is 9.90 Å². The zero-order valence-corrected chi connectivity index (χ0v) is 8.12. The number of hydrogen-bond donors (Lipinski definition) is 2. The molecule has 0 saturated carbocycles. The molecule has 2 N–H and O–H groups in total. The van der Waals surface area contributed by atoms with Crippen LogP contribution in [-0.2, 0) is 4.79 Å². The summed E-state index contributed by atoms with van der Waals surface area (Å²) >= 11 is 0. The SMILES string of the molecule is CNCCCC(=O)N1CC[C@H](O)C1. The normalized spacial score (nSPS) is 22.3. The molecule has 0 aliphatic carbocycles. The molecule has 1 aliphatic heterocycles. The maximum absolute atomic E-state index is 11.5. The fraction of sp³-hybridized carbons (Fsp3) is 0.889. The molecule has 0 bridgehead atoms. The highest BCUT2D eigenvalue weighted by molar-refractivity contribution is 5.76. The van der Waals surface area contributed by atoms with Crippen molar-refractivity contribution in [2.24, 2.45) is 0 Å². The van der Waals surface area contributed by atoms with E-state index >= 15 is 0 Å². The third kappa shape index (κ3) is 3.32. The van der Waals surface area contributed by atoms with Gasteiger partial charge in [-0.3, -0.25) is 4.79 Å². The Kier molecular flexibility index (Phi) is 4.18. The van der Waals surface area contributed by atoms with Crippen molar-refractivity contribution in [3.63, 3.8) is 0 Å². The lowest BCUT2D eigenvalue weighted by Gasteiger charge is -2.14. The second-order valence-corrected chi connectivity index (χ2v) is 3.49. The minimum absolute atomic E-state index is 0.173. The van der Waals surface area contributed by atoms with Crippen LogP contribution in [0.15, 0.2) is 0 Å². The molecule has 0 radical (unpaired) electrons. The highest BCUT2D eigenvalue weighted by Crippen LogP contribution is 2.10. The molecule has 4 nitrogen and oxygen atoms in total. The van der Waals surface area contributed by atoms with Gasteiger partial charge >= 0.3 is 0 Å². The quantitative estimate of drug-likeness (QED) is 0.586. The van der Waals surface area contributed by atoms with Gasteiger partial charge in [-0.05, 0) is 26.4 Å². The number of hydrogen-bond acceptors (Lipinski definition) is 3. The Balaban J connectivity index is 2.16. The fourth-order valence-corrected chi connectivity index (χ4v) is 1.54. The van der Waals surface area contributed by atoms with Crippen LogP contribution in [0.2, 0.25) is 0 Å². The molecule has 1 heterocycles. The van der Waals surface area contributed by atoms with Gasteiger partial charge in [-0.25, -0.2) is 0 Å². The molecule has 1 amide bonds. The van der Waals surface area contributed by atoms with Crippen LogP contribution in [0.4, 0.5) is 0 Å². The molecule has 0 spiro atoms. The molecule has 1 aliphatic rings. The van der Waals surface area contributed by atoms with E-state index in [0.717, 1.165) is 25.9 Å². The molecule has 1 rings (SSSR count). The van der Waals surface area contributed by atoms with Crippen LogP contribution in [0.25, 0.3) is 0 Å². The number of likely N-dealkylation sites (tertiary alicyclic amines) is 1. The first-order chi connectivity index (χ1) is 6.24. The van der Waals surface area contributed by atoms with E-state index < -0.39 is 0 Å². The summed E-state index contributed by atoms with van der Waals surface area (Å²) in [5.41, 5.74) is 0. The zero-order chi connectivity index (χ0) is 9.68. The van der Waals surface area contributed by atoms with E-state index in [2.05, 4.69) is 5.32 Å². The standard InChI is InChI=1S/C9H18N2O2/c1-10-5-2-3-9(13)11-6-4-8(12)7-11/h8,10,12H,2-7H2,1H3/t8-/m0/s1. The van der Waals surface area contributed by atoms with Crippen molar-refractivity contribution in [3.8, 4) is 0 Å². The highest BCUT2D eigenvalue weighted by Gasteiger charge is 2.23. The first-order valence-corrected chi connectivity index (χ1v) is 4.84. The molecular weight excluding hydrogens is 168 g/mol. The molecular formula is C9H18N2O2. The van der Waals surface area contributed by atoms with Crippen LogP contribution in [0, 0.1) is 0 Å². The first-order valence-electron chi connectivity index (χ1n) is 4.84. The van der Waals surface area contributed by atoms with Crippen LogP contribution in [0.1, 0.15) is 19.3 Å². The third-order valence-electron chi connectivity index (χ3n) is 2.33. The van der Waals surface area contributed by atoms with Crippen molar-refractivity contribution in [3.05, 3.63) is 0 Å².